The van der Waals surface area contributed by atoms with Gasteiger partial charge in [-0.15, -0.1) is 0 Å². The molecule has 2 heterocycles. The fourth-order valence-electron chi connectivity index (χ4n) is 4.10. The predicted molar refractivity (Wildman–Crippen MR) is 134 cm³/mol. The zero-order valence-electron chi connectivity index (χ0n) is 19.2. The first kappa shape index (κ1) is 24.6. The van der Waals surface area contributed by atoms with E-state index in [1.165, 1.54) is 0 Å². The lowest BCUT2D eigenvalue weighted by molar-refractivity contribution is 0.103. The lowest BCUT2D eigenvalue weighted by Gasteiger charge is -2.21. The molecule has 1 aromatic carbocycles. The average molecular weight is 475 g/mol. The molecular formula is C26H32Cl2N2O2. The number of carbonyl (C=O) groups is 1. The van der Waals surface area contributed by atoms with Crippen molar-refractivity contribution in [3.8, 4) is 5.75 Å². The van der Waals surface area contributed by atoms with Gasteiger partial charge in [-0.25, -0.2) is 0 Å². The summed E-state index contributed by atoms with van der Waals surface area (Å²) in [5.41, 5.74) is 3.10. The summed E-state index contributed by atoms with van der Waals surface area (Å²) in [7, 11) is 0. The van der Waals surface area contributed by atoms with Gasteiger partial charge in [0.2, 0.25) is 5.78 Å². The fourth-order valence-corrected chi connectivity index (χ4v) is 4.70. The fraction of sp³-hybridized carbons (Fsp3) is 0.423. The van der Waals surface area contributed by atoms with Crippen LogP contribution in [0.15, 0.2) is 42.6 Å². The van der Waals surface area contributed by atoms with Crippen LogP contribution in [0, 0.1) is 0 Å². The van der Waals surface area contributed by atoms with E-state index >= 15 is 0 Å². The van der Waals surface area contributed by atoms with E-state index in [0.717, 1.165) is 56.4 Å². The minimum absolute atomic E-state index is 0.0989. The molecule has 0 saturated carbocycles. The van der Waals surface area contributed by atoms with Gasteiger partial charge in [0, 0.05) is 23.8 Å². The number of hydrogen-bond donors (Lipinski definition) is 0. The number of pyridine rings is 1. The van der Waals surface area contributed by atoms with Crippen LogP contribution in [0.25, 0.3) is 5.52 Å². The van der Waals surface area contributed by atoms with Crippen molar-refractivity contribution in [2.75, 3.05) is 26.2 Å². The van der Waals surface area contributed by atoms with Crippen molar-refractivity contribution in [2.24, 2.45) is 0 Å². The Labute approximate surface area is 201 Å². The first-order valence-corrected chi connectivity index (χ1v) is 12.2. The summed E-state index contributed by atoms with van der Waals surface area (Å²) in [5.74, 6) is 0.344. The Morgan fingerprint density at radius 2 is 1.69 bits per heavy atom. The molecule has 6 heteroatoms. The van der Waals surface area contributed by atoms with Crippen LogP contribution in [-0.2, 0) is 6.42 Å². The van der Waals surface area contributed by atoms with E-state index in [4.69, 9.17) is 27.9 Å². The molecule has 0 aliphatic carbocycles. The maximum absolute atomic E-state index is 13.4. The summed E-state index contributed by atoms with van der Waals surface area (Å²) < 4.78 is 7.83. The summed E-state index contributed by atoms with van der Waals surface area (Å²) in [4.78, 5) is 15.8. The number of aryl methyl sites for hydroxylation is 1. The molecule has 172 valence electrons. The Kier molecular flexibility index (Phi) is 9.03. The van der Waals surface area contributed by atoms with E-state index in [2.05, 4.69) is 18.7 Å². The van der Waals surface area contributed by atoms with Gasteiger partial charge in [0.25, 0.3) is 0 Å². The Hall–Kier alpha value is -2.01. The molecule has 3 aromatic rings. The van der Waals surface area contributed by atoms with Gasteiger partial charge in [0.15, 0.2) is 5.75 Å². The second-order valence-corrected chi connectivity index (χ2v) is 8.82. The SMILES string of the molecule is CCCN(CCC)CCCOc1c(Cl)cc(C(=O)c2c(CC)cc3ccccn23)cc1Cl. The smallest absolute Gasteiger partial charge is 0.210 e. The highest BCUT2D eigenvalue weighted by molar-refractivity contribution is 6.38. The topological polar surface area (TPSA) is 34.0 Å². The van der Waals surface area contributed by atoms with E-state index in [-0.39, 0.29) is 5.78 Å². The van der Waals surface area contributed by atoms with Crippen LogP contribution >= 0.6 is 23.2 Å². The van der Waals surface area contributed by atoms with Crippen molar-refractivity contribution < 1.29 is 9.53 Å². The van der Waals surface area contributed by atoms with Crippen LogP contribution in [0.2, 0.25) is 10.0 Å². The minimum Gasteiger partial charge on any atom is -0.490 e. The molecule has 32 heavy (non-hydrogen) atoms. The van der Waals surface area contributed by atoms with Gasteiger partial charge in [-0.1, -0.05) is 50.0 Å². The summed E-state index contributed by atoms with van der Waals surface area (Å²) in [5, 5.41) is 0.720. The zero-order valence-corrected chi connectivity index (χ0v) is 20.7. The van der Waals surface area contributed by atoms with Gasteiger partial charge in [-0.05, 0) is 74.7 Å². The normalized spacial score (nSPS) is 11.4. The van der Waals surface area contributed by atoms with E-state index in [0.29, 0.717) is 33.7 Å². The van der Waals surface area contributed by atoms with Gasteiger partial charge < -0.3 is 14.0 Å². The Bertz CT molecular complexity index is 1030. The molecule has 0 radical (unpaired) electrons. The number of rotatable bonds is 12. The van der Waals surface area contributed by atoms with Crippen LogP contribution in [0.5, 0.6) is 5.75 Å². The zero-order chi connectivity index (χ0) is 23.1. The molecule has 0 amide bonds. The third kappa shape index (κ3) is 5.67. The van der Waals surface area contributed by atoms with Crippen LogP contribution in [-0.4, -0.2) is 41.3 Å². The molecular weight excluding hydrogens is 443 g/mol. The largest absolute Gasteiger partial charge is 0.490 e. The van der Waals surface area contributed by atoms with E-state index in [1.54, 1.807) is 12.1 Å². The molecule has 3 rings (SSSR count). The summed E-state index contributed by atoms with van der Waals surface area (Å²) in [6.07, 6.45) is 5.85. The molecule has 0 fully saturated rings. The number of ketones is 1. The number of nitrogens with zero attached hydrogens (tertiary/aromatic N) is 2. The van der Waals surface area contributed by atoms with Crippen molar-refractivity contribution in [3.63, 3.8) is 0 Å². The van der Waals surface area contributed by atoms with Crippen molar-refractivity contribution in [1.82, 2.24) is 9.30 Å². The monoisotopic (exact) mass is 474 g/mol. The molecule has 2 aromatic heterocycles. The molecule has 0 N–H and O–H groups in total. The average Bonchev–Trinajstić information content (AvgIpc) is 3.16. The second-order valence-electron chi connectivity index (χ2n) is 8.01. The number of hydrogen-bond acceptors (Lipinski definition) is 3. The highest BCUT2D eigenvalue weighted by Crippen LogP contribution is 2.35. The van der Waals surface area contributed by atoms with Crippen LogP contribution in [0.4, 0.5) is 0 Å². The molecule has 0 aliphatic heterocycles. The van der Waals surface area contributed by atoms with Gasteiger partial charge in [-0.2, -0.15) is 0 Å². The van der Waals surface area contributed by atoms with Gasteiger partial charge in [0.1, 0.15) is 0 Å². The number of carbonyl (C=O) groups excluding carboxylic acids is 1. The highest BCUT2D eigenvalue weighted by Gasteiger charge is 2.21. The quantitative estimate of drug-likeness (QED) is 0.210. The van der Waals surface area contributed by atoms with Gasteiger partial charge in [-0.3, -0.25) is 4.79 Å². The molecule has 0 spiro atoms. The third-order valence-electron chi connectivity index (χ3n) is 5.56. The van der Waals surface area contributed by atoms with Crippen molar-refractivity contribution in [3.05, 3.63) is 69.5 Å². The molecule has 0 unspecified atom stereocenters. The van der Waals surface area contributed by atoms with E-state index < -0.39 is 0 Å². The number of fused-ring (bicyclic) bond motifs is 1. The Morgan fingerprint density at radius 3 is 2.31 bits per heavy atom. The number of ether oxygens (including phenoxy) is 1. The van der Waals surface area contributed by atoms with Crippen LogP contribution in [0.1, 0.15) is 61.6 Å². The maximum Gasteiger partial charge on any atom is 0.210 e. The number of aromatic nitrogens is 1. The number of benzene rings is 1. The summed E-state index contributed by atoms with van der Waals surface area (Å²) in [6.45, 7) is 10.1. The van der Waals surface area contributed by atoms with Crippen LogP contribution < -0.4 is 4.74 Å². The minimum atomic E-state index is -0.0989. The van der Waals surface area contributed by atoms with Gasteiger partial charge in [0.05, 0.1) is 22.3 Å². The number of halogens is 2. The summed E-state index contributed by atoms with van der Waals surface area (Å²) >= 11 is 13.0. The molecule has 0 saturated heterocycles. The van der Waals surface area contributed by atoms with Crippen molar-refractivity contribution in [1.29, 1.82) is 0 Å². The molecule has 0 aliphatic rings. The highest BCUT2D eigenvalue weighted by atomic mass is 35.5. The van der Waals surface area contributed by atoms with Crippen molar-refractivity contribution >= 4 is 34.5 Å². The lowest BCUT2D eigenvalue weighted by Crippen LogP contribution is -2.27. The molecule has 4 nitrogen and oxygen atoms in total. The molecule has 0 atom stereocenters. The lowest BCUT2D eigenvalue weighted by atomic mass is 10.0. The van der Waals surface area contributed by atoms with E-state index in [9.17, 15) is 4.79 Å². The Morgan fingerprint density at radius 1 is 1.00 bits per heavy atom. The third-order valence-corrected chi connectivity index (χ3v) is 6.12. The van der Waals surface area contributed by atoms with E-state index in [1.807, 2.05) is 41.8 Å². The van der Waals surface area contributed by atoms with Crippen molar-refractivity contribution in [2.45, 2.75) is 46.5 Å². The Balaban J connectivity index is 1.74. The second kappa shape index (κ2) is 11.7. The van der Waals surface area contributed by atoms with Gasteiger partial charge >= 0.3 is 0 Å². The summed E-state index contributed by atoms with van der Waals surface area (Å²) in [6, 6.07) is 11.2. The standard InChI is InChI=1S/C26H32Cl2N2O2/c1-4-11-29(12-5-2)13-9-15-32-26-22(27)17-20(18-23(26)28)25(31)24-19(6-3)16-21-10-7-8-14-30(21)24/h7-8,10,14,16-18H,4-6,9,11-13,15H2,1-3H3. The first-order chi connectivity index (χ1) is 15.5. The molecule has 0 bridgehead atoms. The maximum atomic E-state index is 13.4. The predicted octanol–water partition coefficient (Wildman–Crippen LogP) is 6.93. The first-order valence-electron chi connectivity index (χ1n) is 11.5. The van der Waals surface area contributed by atoms with Crippen LogP contribution in [0.3, 0.4) is 0 Å².